The molecule has 0 aromatic rings. The van der Waals surface area contributed by atoms with E-state index in [-0.39, 0.29) is 0 Å². The van der Waals surface area contributed by atoms with Gasteiger partial charge in [-0.2, -0.15) is 0 Å². The van der Waals surface area contributed by atoms with Gasteiger partial charge in [-0.25, -0.2) is 0 Å². The Labute approximate surface area is 76.1 Å². The molecule has 1 saturated heterocycles. The summed E-state index contributed by atoms with van der Waals surface area (Å²) in [6.45, 7) is 2.38. The number of fused-ring (bicyclic) bond motifs is 1. The summed E-state index contributed by atoms with van der Waals surface area (Å²) in [4.78, 5) is 2.63. The fourth-order valence-electron chi connectivity index (χ4n) is 3.05. The lowest BCUT2D eigenvalue weighted by Gasteiger charge is -2.45. The van der Waals surface area contributed by atoms with Crippen molar-refractivity contribution in [3.05, 3.63) is 0 Å². The minimum absolute atomic E-state index is 0.837. The molecule has 2 rings (SSSR count). The predicted molar refractivity (Wildman–Crippen MR) is 52.2 cm³/mol. The first-order valence-electron chi connectivity index (χ1n) is 5.51. The van der Waals surface area contributed by atoms with Gasteiger partial charge in [0.25, 0.3) is 0 Å². The summed E-state index contributed by atoms with van der Waals surface area (Å²) >= 11 is 0. The van der Waals surface area contributed by atoms with Gasteiger partial charge < -0.3 is 4.90 Å². The molecule has 1 heteroatoms. The smallest absolute Gasteiger partial charge is 0.0123 e. The number of hydrogen-bond donors (Lipinski definition) is 0. The van der Waals surface area contributed by atoms with Crippen LogP contribution in [-0.2, 0) is 0 Å². The molecule has 0 bridgehead atoms. The second-order valence-corrected chi connectivity index (χ2v) is 4.70. The highest BCUT2D eigenvalue weighted by Gasteiger charge is 2.34. The van der Waals surface area contributed by atoms with Crippen molar-refractivity contribution in [3.63, 3.8) is 0 Å². The van der Waals surface area contributed by atoms with Crippen molar-refractivity contribution in [2.45, 2.75) is 57.5 Å². The second kappa shape index (κ2) is 3.37. The van der Waals surface area contributed by atoms with E-state index in [1.807, 2.05) is 0 Å². The highest BCUT2D eigenvalue weighted by Crippen LogP contribution is 2.36. The van der Waals surface area contributed by atoms with Crippen LogP contribution in [0.4, 0.5) is 0 Å². The Morgan fingerprint density at radius 1 is 1.00 bits per heavy atom. The zero-order chi connectivity index (χ0) is 8.55. The van der Waals surface area contributed by atoms with E-state index in [0.29, 0.717) is 0 Å². The van der Waals surface area contributed by atoms with Gasteiger partial charge in [0, 0.05) is 12.1 Å². The standard InChI is InChI=1S/C11H21N/c1-9-7-8-10-5-3-4-6-11(10)12(9)2/h9-11H,3-8H2,1-2H3/t9-,10+,11-/m0/s1. The molecule has 3 atom stereocenters. The number of likely N-dealkylation sites (tertiary alicyclic amines) is 1. The Kier molecular flexibility index (Phi) is 2.40. The Morgan fingerprint density at radius 2 is 1.75 bits per heavy atom. The number of rotatable bonds is 0. The molecule has 1 heterocycles. The largest absolute Gasteiger partial charge is 0.300 e. The summed E-state index contributed by atoms with van der Waals surface area (Å²) in [5, 5.41) is 0. The van der Waals surface area contributed by atoms with E-state index in [1.165, 1.54) is 38.5 Å². The monoisotopic (exact) mass is 167 g/mol. The highest BCUT2D eigenvalue weighted by atomic mass is 15.2. The first-order chi connectivity index (χ1) is 5.79. The number of hydrogen-bond acceptors (Lipinski definition) is 1. The summed E-state index contributed by atoms with van der Waals surface area (Å²) in [7, 11) is 2.33. The average molecular weight is 167 g/mol. The maximum atomic E-state index is 2.63. The first kappa shape index (κ1) is 8.55. The molecule has 0 amide bonds. The molecule has 0 unspecified atom stereocenters. The third-order valence-electron chi connectivity index (χ3n) is 4.04. The van der Waals surface area contributed by atoms with Crippen LogP contribution in [0.5, 0.6) is 0 Å². The van der Waals surface area contributed by atoms with Crippen LogP contribution in [0, 0.1) is 5.92 Å². The number of piperidine rings is 1. The van der Waals surface area contributed by atoms with Gasteiger partial charge in [-0.3, -0.25) is 0 Å². The summed E-state index contributed by atoms with van der Waals surface area (Å²) in [6, 6.07) is 1.77. The summed E-state index contributed by atoms with van der Waals surface area (Å²) in [6.07, 6.45) is 8.85. The molecule has 0 N–H and O–H groups in total. The fourth-order valence-corrected chi connectivity index (χ4v) is 3.05. The summed E-state index contributed by atoms with van der Waals surface area (Å²) in [5.74, 6) is 1.04. The molecule has 70 valence electrons. The molecule has 1 aliphatic carbocycles. The van der Waals surface area contributed by atoms with E-state index in [9.17, 15) is 0 Å². The molecule has 12 heavy (non-hydrogen) atoms. The van der Waals surface area contributed by atoms with Crippen molar-refractivity contribution >= 4 is 0 Å². The third kappa shape index (κ3) is 1.39. The molecule has 0 spiro atoms. The minimum Gasteiger partial charge on any atom is -0.300 e. The van der Waals surface area contributed by atoms with E-state index in [4.69, 9.17) is 0 Å². The summed E-state index contributed by atoms with van der Waals surface area (Å²) < 4.78 is 0. The van der Waals surface area contributed by atoms with Crippen molar-refractivity contribution < 1.29 is 0 Å². The molecule has 1 nitrogen and oxygen atoms in total. The van der Waals surface area contributed by atoms with Crippen LogP contribution in [0.15, 0.2) is 0 Å². The normalized spacial score (nSPS) is 44.0. The molecule has 0 aromatic heterocycles. The molecular formula is C11H21N. The molecule has 2 fully saturated rings. The van der Waals surface area contributed by atoms with Gasteiger partial charge in [-0.15, -0.1) is 0 Å². The van der Waals surface area contributed by atoms with Gasteiger partial charge in [0.1, 0.15) is 0 Å². The van der Waals surface area contributed by atoms with E-state index < -0.39 is 0 Å². The summed E-state index contributed by atoms with van der Waals surface area (Å²) in [5.41, 5.74) is 0. The topological polar surface area (TPSA) is 3.24 Å². The minimum atomic E-state index is 0.837. The zero-order valence-corrected chi connectivity index (χ0v) is 8.42. The molecule has 2 aliphatic rings. The molecule has 1 saturated carbocycles. The Hall–Kier alpha value is -0.0400. The first-order valence-corrected chi connectivity index (χ1v) is 5.51. The van der Waals surface area contributed by atoms with Gasteiger partial charge >= 0.3 is 0 Å². The third-order valence-corrected chi connectivity index (χ3v) is 4.04. The van der Waals surface area contributed by atoms with Gasteiger partial charge in [0.15, 0.2) is 0 Å². The molecule has 1 aliphatic heterocycles. The molecule has 0 aromatic carbocycles. The van der Waals surface area contributed by atoms with E-state index in [2.05, 4.69) is 18.9 Å². The van der Waals surface area contributed by atoms with Crippen LogP contribution in [0.3, 0.4) is 0 Å². The van der Waals surface area contributed by atoms with Crippen molar-refractivity contribution in [1.29, 1.82) is 0 Å². The van der Waals surface area contributed by atoms with Gasteiger partial charge in [0.05, 0.1) is 0 Å². The van der Waals surface area contributed by atoms with E-state index in [1.54, 1.807) is 0 Å². The van der Waals surface area contributed by atoms with Crippen LogP contribution < -0.4 is 0 Å². The van der Waals surface area contributed by atoms with Crippen LogP contribution in [0.2, 0.25) is 0 Å². The SMILES string of the molecule is C[C@H]1CC[C@H]2CCCC[C@@H]2N1C. The number of nitrogens with zero attached hydrogens (tertiary/aromatic N) is 1. The van der Waals surface area contributed by atoms with E-state index >= 15 is 0 Å². The lowest BCUT2D eigenvalue weighted by molar-refractivity contribution is 0.0447. The van der Waals surface area contributed by atoms with Crippen molar-refractivity contribution in [2.24, 2.45) is 5.92 Å². The second-order valence-electron chi connectivity index (χ2n) is 4.70. The lowest BCUT2D eigenvalue weighted by Crippen LogP contribution is -2.48. The van der Waals surface area contributed by atoms with Crippen molar-refractivity contribution in [2.75, 3.05) is 7.05 Å². The van der Waals surface area contributed by atoms with Gasteiger partial charge in [-0.05, 0) is 45.6 Å². The Balaban J connectivity index is 2.03. The maximum absolute atomic E-state index is 2.63. The van der Waals surface area contributed by atoms with Gasteiger partial charge in [0.2, 0.25) is 0 Å². The zero-order valence-electron chi connectivity index (χ0n) is 8.42. The fraction of sp³-hybridized carbons (Fsp3) is 1.00. The molecule has 0 radical (unpaired) electrons. The van der Waals surface area contributed by atoms with E-state index in [0.717, 1.165) is 18.0 Å². The maximum Gasteiger partial charge on any atom is 0.0123 e. The van der Waals surface area contributed by atoms with Crippen LogP contribution in [0.25, 0.3) is 0 Å². The molecular weight excluding hydrogens is 146 g/mol. The average Bonchev–Trinajstić information content (AvgIpc) is 2.12. The quantitative estimate of drug-likeness (QED) is 0.536. The predicted octanol–water partition coefficient (Wildman–Crippen LogP) is 2.66. The van der Waals surface area contributed by atoms with Crippen LogP contribution >= 0.6 is 0 Å². The van der Waals surface area contributed by atoms with Crippen molar-refractivity contribution in [1.82, 2.24) is 4.90 Å². The van der Waals surface area contributed by atoms with Crippen molar-refractivity contribution in [3.8, 4) is 0 Å². The van der Waals surface area contributed by atoms with Gasteiger partial charge in [-0.1, -0.05) is 12.8 Å². The van der Waals surface area contributed by atoms with Crippen LogP contribution in [0.1, 0.15) is 45.4 Å². The Bertz CT molecular complexity index is 153. The lowest BCUT2D eigenvalue weighted by atomic mass is 9.77. The Morgan fingerprint density at radius 3 is 2.58 bits per heavy atom. The van der Waals surface area contributed by atoms with Crippen LogP contribution in [-0.4, -0.2) is 24.0 Å². The highest BCUT2D eigenvalue weighted by molar-refractivity contribution is 4.88.